The molecule has 0 spiro atoms. The first-order valence-electron chi connectivity index (χ1n) is 4.47. The van der Waals surface area contributed by atoms with Gasteiger partial charge in [0.1, 0.15) is 6.42 Å². The van der Waals surface area contributed by atoms with Crippen LogP contribution >= 0.6 is 15.9 Å². The van der Waals surface area contributed by atoms with E-state index in [0.717, 1.165) is 16.5 Å². The van der Waals surface area contributed by atoms with Crippen molar-refractivity contribution in [2.45, 2.75) is 11.8 Å². The average molecular weight is 267 g/mol. The van der Waals surface area contributed by atoms with Gasteiger partial charge < -0.3 is 4.74 Å². The first-order chi connectivity index (χ1) is 7.27. The Morgan fingerprint density at radius 2 is 2.20 bits per heavy atom. The van der Waals surface area contributed by atoms with Gasteiger partial charge in [-0.1, -0.05) is 46.0 Å². The Morgan fingerprint density at radius 1 is 1.47 bits per heavy atom. The third-order valence-corrected chi connectivity index (χ3v) is 2.45. The van der Waals surface area contributed by atoms with Crippen LogP contribution in [0.5, 0.6) is 0 Å². The van der Waals surface area contributed by atoms with Gasteiger partial charge in [0.15, 0.2) is 0 Å². The third-order valence-electron chi connectivity index (χ3n) is 1.84. The first kappa shape index (κ1) is 11.8. The largest absolute Gasteiger partial charge is 0.468 e. The van der Waals surface area contributed by atoms with Gasteiger partial charge in [-0.2, -0.15) is 0 Å². The second-order valence-corrected chi connectivity index (χ2v) is 3.41. The highest BCUT2D eigenvalue weighted by Gasteiger charge is 1.97. The molecule has 78 valence electrons. The molecule has 1 rings (SSSR count). The Labute approximate surface area is 97.8 Å². The van der Waals surface area contributed by atoms with Crippen molar-refractivity contribution < 1.29 is 9.53 Å². The molecule has 0 unspecified atom stereocenters. The van der Waals surface area contributed by atoms with Crippen molar-refractivity contribution in [2.24, 2.45) is 0 Å². The molecule has 0 bridgehead atoms. The summed E-state index contributed by atoms with van der Waals surface area (Å²) >= 11 is 3.38. The maximum Gasteiger partial charge on any atom is 0.317 e. The van der Waals surface area contributed by atoms with E-state index in [9.17, 15) is 4.79 Å². The number of ether oxygens (including phenoxy) is 1. The summed E-state index contributed by atoms with van der Waals surface area (Å²) in [7, 11) is 1.36. The minimum Gasteiger partial charge on any atom is -0.468 e. The zero-order chi connectivity index (χ0) is 11.1. The lowest BCUT2D eigenvalue weighted by atomic mass is 10.1. The number of rotatable bonds is 2. The smallest absolute Gasteiger partial charge is 0.317 e. The molecule has 0 saturated heterocycles. The molecule has 0 N–H and O–H groups in total. The van der Waals surface area contributed by atoms with Gasteiger partial charge in [-0.15, -0.1) is 0 Å². The maximum atomic E-state index is 10.8. The lowest BCUT2D eigenvalue weighted by Crippen LogP contribution is -1.97. The fraction of sp³-hybridized carbons (Fsp3) is 0.250. The SMILES string of the molecule is COC(=O)CC#Cc1ccccc1CBr. The van der Waals surface area contributed by atoms with Gasteiger partial charge in [-0.05, 0) is 11.6 Å². The minimum absolute atomic E-state index is 0.132. The molecule has 15 heavy (non-hydrogen) atoms. The molecule has 0 saturated carbocycles. The Bertz CT molecular complexity index is 402. The number of hydrogen-bond acceptors (Lipinski definition) is 2. The summed E-state index contributed by atoms with van der Waals surface area (Å²) in [6.45, 7) is 0. The number of carbonyl (C=O) groups is 1. The fourth-order valence-electron chi connectivity index (χ4n) is 1.04. The molecule has 0 amide bonds. The van der Waals surface area contributed by atoms with Gasteiger partial charge in [0, 0.05) is 10.9 Å². The third kappa shape index (κ3) is 3.77. The second kappa shape index (κ2) is 6.26. The molecule has 0 aliphatic rings. The monoisotopic (exact) mass is 266 g/mol. The minimum atomic E-state index is -0.307. The summed E-state index contributed by atoms with van der Waals surface area (Å²) in [6.07, 6.45) is 0.132. The molecule has 0 aromatic heterocycles. The number of alkyl halides is 1. The molecule has 0 heterocycles. The van der Waals surface area contributed by atoms with Crippen molar-refractivity contribution in [1.82, 2.24) is 0 Å². The Morgan fingerprint density at radius 3 is 2.87 bits per heavy atom. The normalized spacial score (nSPS) is 8.93. The number of benzene rings is 1. The van der Waals surface area contributed by atoms with Crippen LogP contribution in [0.2, 0.25) is 0 Å². The maximum absolute atomic E-state index is 10.8. The summed E-state index contributed by atoms with van der Waals surface area (Å²) in [5.41, 5.74) is 2.06. The number of halogens is 1. The molecular weight excluding hydrogens is 256 g/mol. The highest BCUT2D eigenvalue weighted by molar-refractivity contribution is 9.08. The molecule has 0 radical (unpaired) electrons. The van der Waals surface area contributed by atoms with Crippen LogP contribution in [0, 0.1) is 11.8 Å². The van der Waals surface area contributed by atoms with Gasteiger partial charge in [-0.25, -0.2) is 0 Å². The van der Waals surface area contributed by atoms with Crippen molar-refractivity contribution in [2.75, 3.05) is 7.11 Å². The van der Waals surface area contributed by atoms with E-state index < -0.39 is 0 Å². The van der Waals surface area contributed by atoms with Gasteiger partial charge in [0.05, 0.1) is 7.11 Å². The van der Waals surface area contributed by atoms with E-state index >= 15 is 0 Å². The highest BCUT2D eigenvalue weighted by Crippen LogP contribution is 2.10. The van der Waals surface area contributed by atoms with Crippen LogP contribution < -0.4 is 0 Å². The van der Waals surface area contributed by atoms with Gasteiger partial charge in [-0.3, -0.25) is 4.79 Å². The van der Waals surface area contributed by atoms with Crippen molar-refractivity contribution in [3.8, 4) is 11.8 Å². The van der Waals surface area contributed by atoms with E-state index in [0.29, 0.717) is 0 Å². The molecule has 1 aromatic rings. The lowest BCUT2D eigenvalue weighted by molar-refractivity contribution is -0.139. The van der Waals surface area contributed by atoms with Crippen LogP contribution in [0.25, 0.3) is 0 Å². The van der Waals surface area contributed by atoms with Crippen molar-refractivity contribution in [3.63, 3.8) is 0 Å². The highest BCUT2D eigenvalue weighted by atomic mass is 79.9. The topological polar surface area (TPSA) is 26.3 Å². The molecule has 0 fully saturated rings. The van der Waals surface area contributed by atoms with Crippen molar-refractivity contribution >= 4 is 21.9 Å². The van der Waals surface area contributed by atoms with Crippen LogP contribution in [0.3, 0.4) is 0 Å². The predicted molar refractivity (Wildman–Crippen MR) is 62.6 cm³/mol. The standard InChI is InChI=1S/C12H11BrO2/c1-15-12(14)8-4-7-10-5-2-3-6-11(10)9-13/h2-3,5-6H,8-9H2,1H3. The summed E-state index contributed by atoms with van der Waals surface area (Å²) < 4.78 is 4.49. The Hall–Kier alpha value is -1.27. The lowest BCUT2D eigenvalue weighted by Gasteiger charge is -1.98. The molecule has 3 heteroatoms. The zero-order valence-electron chi connectivity index (χ0n) is 8.42. The van der Waals surface area contributed by atoms with E-state index in [1.165, 1.54) is 7.11 Å². The van der Waals surface area contributed by atoms with Crippen molar-refractivity contribution in [3.05, 3.63) is 35.4 Å². The number of carbonyl (C=O) groups excluding carboxylic acids is 1. The quantitative estimate of drug-likeness (QED) is 0.467. The predicted octanol–water partition coefficient (Wildman–Crippen LogP) is 2.50. The van der Waals surface area contributed by atoms with Crippen LogP contribution in [0.15, 0.2) is 24.3 Å². The van der Waals surface area contributed by atoms with Crippen LogP contribution in [0.1, 0.15) is 17.5 Å². The van der Waals surface area contributed by atoms with Crippen LogP contribution in [-0.4, -0.2) is 13.1 Å². The van der Waals surface area contributed by atoms with Crippen LogP contribution in [0.4, 0.5) is 0 Å². The van der Waals surface area contributed by atoms with E-state index in [1.54, 1.807) is 0 Å². The molecule has 0 aliphatic carbocycles. The number of esters is 1. The molecule has 1 aromatic carbocycles. The zero-order valence-corrected chi connectivity index (χ0v) is 10.0. The van der Waals surface area contributed by atoms with E-state index in [1.807, 2.05) is 24.3 Å². The molecule has 0 aliphatic heterocycles. The Balaban J connectivity index is 2.75. The van der Waals surface area contributed by atoms with Crippen molar-refractivity contribution in [1.29, 1.82) is 0 Å². The number of methoxy groups -OCH3 is 1. The molecule has 0 atom stereocenters. The summed E-state index contributed by atoms with van der Waals surface area (Å²) in [6, 6.07) is 7.81. The second-order valence-electron chi connectivity index (χ2n) is 2.85. The summed E-state index contributed by atoms with van der Waals surface area (Å²) in [5.74, 6) is 5.42. The number of hydrogen-bond donors (Lipinski definition) is 0. The summed E-state index contributed by atoms with van der Waals surface area (Å²) in [4.78, 5) is 10.8. The van der Waals surface area contributed by atoms with Gasteiger partial charge >= 0.3 is 5.97 Å². The van der Waals surface area contributed by atoms with Gasteiger partial charge in [0.2, 0.25) is 0 Å². The average Bonchev–Trinajstić information content (AvgIpc) is 2.29. The Kier molecular flexibility index (Phi) is 4.92. The molecule has 2 nitrogen and oxygen atoms in total. The summed E-state index contributed by atoms with van der Waals surface area (Å²) in [5, 5.41) is 0.760. The fourth-order valence-corrected chi connectivity index (χ4v) is 1.53. The molecular formula is C12H11BrO2. The van der Waals surface area contributed by atoms with E-state index in [2.05, 4.69) is 32.5 Å². The van der Waals surface area contributed by atoms with E-state index in [4.69, 9.17) is 0 Å². The first-order valence-corrected chi connectivity index (χ1v) is 5.59. The van der Waals surface area contributed by atoms with Crippen LogP contribution in [-0.2, 0) is 14.9 Å². The van der Waals surface area contributed by atoms with E-state index in [-0.39, 0.29) is 12.4 Å². The van der Waals surface area contributed by atoms with Gasteiger partial charge in [0.25, 0.3) is 0 Å².